The number of hydrogen-bond donors (Lipinski definition) is 0. The minimum absolute atomic E-state index is 0.0527. The van der Waals surface area contributed by atoms with E-state index in [-0.39, 0.29) is 15.6 Å². The Morgan fingerprint density at radius 1 is 1.25 bits per heavy atom. The van der Waals surface area contributed by atoms with Gasteiger partial charge in [0.05, 0.1) is 5.02 Å². The Morgan fingerprint density at radius 3 is 2.33 bits per heavy atom. The molecule has 0 saturated carbocycles. The maximum atomic E-state index is 12.9. The Morgan fingerprint density at radius 2 is 1.83 bits per heavy atom. The molecular formula is C8H4Cl2F2. The van der Waals surface area contributed by atoms with E-state index in [9.17, 15) is 8.78 Å². The van der Waals surface area contributed by atoms with Crippen LogP contribution in [0, 0.1) is 11.6 Å². The normalized spacial score (nSPS) is 10.0. The molecular weight excluding hydrogens is 205 g/mol. The van der Waals surface area contributed by atoms with Crippen molar-refractivity contribution in [1.82, 2.24) is 0 Å². The Hall–Kier alpha value is -0.600. The topological polar surface area (TPSA) is 0 Å². The van der Waals surface area contributed by atoms with E-state index in [1.165, 1.54) is 0 Å². The van der Waals surface area contributed by atoms with Crippen molar-refractivity contribution in [3.8, 4) is 0 Å². The van der Waals surface area contributed by atoms with Crippen molar-refractivity contribution in [1.29, 1.82) is 0 Å². The fourth-order valence-electron chi connectivity index (χ4n) is 0.730. The van der Waals surface area contributed by atoms with Gasteiger partial charge in [0.1, 0.15) is 11.6 Å². The maximum Gasteiger partial charge on any atom is 0.142 e. The average molecular weight is 209 g/mol. The highest BCUT2D eigenvalue weighted by molar-refractivity contribution is 6.48. The lowest BCUT2D eigenvalue weighted by molar-refractivity contribution is 0.598. The van der Waals surface area contributed by atoms with Crippen molar-refractivity contribution in [3.63, 3.8) is 0 Å². The predicted octanol–water partition coefficient (Wildman–Crippen LogP) is 3.83. The number of benzene rings is 1. The summed E-state index contributed by atoms with van der Waals surface area (Å²) in [5, 5.41) is -0.322. The average Bonchev–Trinajstić information content (AvgIpc) is 1.96. The van der Waals surface area contributed by atoms with Gasteiger partial charge in [-0.2, -0.15) is 0 Å². The highest BCUT2D eigenvalue weighted by Gasteiger charge is 2.09. The molecule has 64 valence electrons. The Kier molecular flexibility index (Phi) is 2.70. The van der Waals surface area contributed by atoms with Crippen LogP contribution in [-0.2, 0) is 0 Å². The molecule has 0 spiro atoms. The van der Waals surface area contributed by atoms with E-state index in [1.54, 1.807) is 0 Å². The molecule has 12 heavy (non-hydrogen) atoms. The molecule has 0 radical (unpaired) electrons. The lowest BCUT2D eigenvalue weighted by Gasteiger charge is -2.01. The molecule has 0 unspecified atom stereocenters. The van der Waals surface area contributed by atoms with Crippen LogP contribution in [0.25, 0.3) is 5.03 Å². The molecule has 0 aliphatic rings. The molecule has 0 aliphatic heterocycles. The first-order valence-electron chi connectivity index (χ1n) is 3.01. The molecule has 0 aromatic heterocycles. The molecule has 0 nitrogen and oxygen atoms in total. The number of rotatable bonds is 1. The van der Waals surface area contributed by atoms with E-state index in [1.807, 2.05) is 0 Å². The minimum Gasteiger partial charge on any atom is -0.206 e. The zero-order valence-corrected chi connectivity index (χ0v) is 7.39. The molecule has 0 fully saturated rings. The lowest BCUT2D eigenvalue weighted by Crippen LogP contribution is -1.88. The Labute approximate surface area is 78.4 Å². The summed E-state index contributed by atoms with van der Waals surface area (Å²) in [6.45, 7) is 3.27. The second kappa shape index (κ2) is 3.42. The third kappa shape index (κ3) is 1.76. The van der Waals surface area contributed by atoms with Gasteiger partial charge in [-0.05, 0) is 12.1 Å². The predicted molar refractivity (Wildman–Crippen MR) is 46.3 cm³/mol. The quantitative estimate of drug-likeness (QED) is 0.616. The fourth-order valence-corrected chi connectivity index (χ4v) is 1.03. The van der Waals surface area contributed by atoms with Crippen LogP contribution in [0.2, 0.25) is 5.02 Å². The Bertz CT molecular complexity index is 334. The van der Waals surface area contributed by atoms with Crippen LogP contribution in [0.5, 0.6) is 0 Å². The van der Waals surface area contributed by atoms with Crippen molar-refractivity contribution >= 4 is 28.2 Å². The van der Waals surface area contributed by atoms with Crippen molar-refractivity contribution in [2.45, 2.75) is 0 Å². The van der Waals surface area contributed by atoms with Gasteiger partial charge in [0.15, 0.2) is 0 Å². The molecule has 1 aromatic rings. The molecule has 0 heterocycles. The molecule has 0 bridgehead atoms. The molecule has 0 aliphatic carbocycles. The smallest absolute Gasteiger partial charge is 0.142 e. The maximum absolute atomic E-state index is 12.9. The van der Waals surface area contributed by atoms with Crippen LogP contribution in [0.15, 0.2) is 18.7 Å². The van der Waals surface area contributed by atoms with Gasteiger partial charge >= 0.3 is 0 Å². The van der Waals surface area contributed by atoms with Gasteiger partial charge in [-0.25, -0.2) is 8.78 Å². The SMILES string of the molecule is C=C(Cl)c1cc(F)c(Cl)cc1F. The summed E-state index contributed by atoms with van der Waals surface area (Å²) >= 11 is 10.7. The van der Waals surface area contributed by atoms with Crippen LogP contribution in [0.4, 0.5) is 8.78 Å². The van der Waals surface area contributed by atoms with E-state index < -0.39 is 11.6 Å². The first-order valence-corrected chi connectivity index (χ1v) is 3.77. The van der Waals surface area contributed by atoms with Gasteiger partial charge in [0.25, 0.3) is 0 Å². The minimum atomic E-state index is -0.713. The van der Waals surface area contributed by atoms with E-state index >= 15 is 0 Å². The van der Waals surface area contributed by atoms with Crippen LogP contribution < -0.4 is 0 Å². The van der Waals surface area contributed by atoms with Crippen molar-refractivity contribution in [2.24, 2.45) is 0 Å². The van der Waals surface area contributed by atoms with Crippen LogP contribution in [0.3, 0.4) is 0 Å². The van der Waals surface area contributed by atoms with Gasteiger partial charge in [0, 0.05) is 10.6 Å². The third-order valence-electron chi connectivity index (χ3n) is 1.30. The summed E-state index contributed by atoms with van der Waals surface area (Å²) < 4.78 is 25.6. The van der Waals surface area contributed by atoms with E-state index in [0.29, 0.717) is 0 Å². The fraction of sp³-hybridized carbons (Fsp3) is 0. The van der Waals surface area contributed by atoms with Gasteiger partial charge in [0.2, 0.25) is 0 Å². The molecule has 0 amide bonds. The van der Waals surface area contributed by atoms with Gasteiger partial charge in [-0.3, -0.25) is 0 Å². The zero-order chi connectivity index (χ0) is 9.30. The summed E-state index contributed by atoms with van der Waals surface area (Å²) in [5.41, 5.74) is -0.0708. The molecule has 1 rings (SSSR count). The van der Waals surface area contributed by atoms with Crippen molar-refractivity contribution < 1.29 is 8.78 Å². The molecule has 4 heteroatoms. The third-order valence-corrected chi connectivity index (χ3v) is 1.80. The van der Waals surface area contributed by atoms with Gasteiger partial charge in [-0.1, -0.05) is 29.8 Å². The highest BCUT2D eigenvalue weighted by atomic mass is 35.5. The Balaban J connectivity index is 3.33. The summed E-state index contributed by atoms with van der Waals surface area (Å²) in [7, 11) is 0. The van der Waals surface area contributed by atoms with Gasteiger partial charge in [-0.15, -0.1) is 0 Å². The summed E-state index contributed by atoms with van der Waals surface area (Å²) in [4.78, 5) is 0. The second-order valence-corrected chi connectivity index (χ2v) is 3.01. The highest BCUT2D eigenvalue weighted by Crippen LogP contribution is 2.25. The summed E-state index contributed by atoms with van der Waals surface area (Å²) in [6.07, 6.45) is 0. The zero-order valence-electron chi connectivity index (χ0n) is 5.87. The molecule has 0 N–H and O–H groups in total. The largest absolute Gasteiger partial charge is 0.206 e. The van der Waals surface area contributed by atoms with Gasteiger partial charge < -0.3 is 0 Å². The molecule has 1 aromatic carbocycles. The van der Waals surface area contributed by atoms with Crippen LogP contribution >= 0.6 is 23.2 Å². The molecule has 0 saturated heterocycles. The van der Waals surface area contributed by atoms with Crippen LogP contribution in [0.1, 0.15) is 5.56 Å². The van der Waals surface area contributed by atoms with E-state index in [0.717, 1.165) is 12.1 Å². The summed E-state index contributed by atoms with van der Waals surface area (Å²) in [5.74, 6) is -1.39. The van der Waals surface area contributed by atoms with Crippen LogP contribution in [-0.4, -0.2) is 0 Å². The second-order valence-electron chi connectivity index (χ2n) is 2.15. The van der Waals surface area contributed by atoms with E-state index in [2.05, 4.69) is 6.58 Å². The van der Waals surface area contributed by atoms with Crippen molar-refractivity contribution in [2.75, 3.05) is 0 Å². The summed E-state index contributed by atoms with van der Waals surface area (Å²) in [6, 6.07) is 1.77. The standard InChI is InChI=1S/C8H4Cl2F2/c1-4(9)5-2-8(12)6(10)3-7(5)11/h2-3H,1H2. The molecule has 0 atom stereocenters. The van der Waals surface area contributed by atoms with E-state index in [4.69, 9.17) is 23.2 Å². The number of halogens is 4. The first kappa shape index (κ1) is 9.49. The van der Waals surface area contributed by atoms with Crippen molar-refractivity contribution in [3.05, 3.63) is 40.9 Å². The first-order chi connectivity index (χ1) is 5.52. The monoisotopic (exact) mass is 208 g/mol. The lowest BCUT2D eigenvalue weighted by atomic mass is 10.2. The number of hydrogen-bond acceptors (Lipinski definition) is 0.